The second kappa shape index (κ2) is 7.71. The normalized spacial score (nSPS) is 17.1. The Morgan fingerprint density at radius 1 is 1.40 bits per heavy atom. The molecule has 0 N–H and O–H groups in total. The Morgan fingerprint density at radius 3 is 2.96 bits per heavy atom. The van der Waals surface area contributed by atoms with E-state index in [1.54, 1.807) is 18.1 Å². The van der Waals surface area contributed by atoms with Crippen molar-refractivity contribution in [3.05, 3.63) is 47.4 Å². The first-order valence-electron chi connectivity index (χ1n) is 8.14. The average molecular weight is 348 g/mol. The standard InChI is InChI=1S/C17H21FN4O3/c1-12(17-19-15(11-24-2)20-25-17)21-6-7-22(16(23)10-21)9-13-4-3-5-14(18)8-13/h3-5,8,12H,6-7,9-11H2,1-2H3/t12-/m1/s1. The van der Waals surface area contributed by atoms with Crippen molar-refractivity contribution in [2.24, 2.45) is 0 Å². The maximum Gasteiger partial charge on any atom is 0.243 e. The largest absolute Gasteiger partial charge is 0.377 e. The molecule has 0 aliphatic carbocycles. The summed E-state index contributed by atoms with van der Waals surface area (Å²) in [4.78, 5) is 20.5. The molecule has 1 aromatic heterocycles. The van der Waals surface area contributed by atoms with E-state index in [0.717, 1.165) is 5.56 Å². The van der Waals surface area contributed by atoms with Crippen LogP contribution < -0.4 is 0 Å². The van der Waals surface area contributed by atoms with Gasteiger partial charge in [-0.3, -0.25) is 9.69 Å². The lowest BCUT2D eigenvalue weighted by molar-refractivity contribution is -0.137. The van der Waals surface area contributed by atoms with Crippen molar-refractivity contribution in [2.45, 2.75) is 26.1 Å². The van der Waals surface area contributed by atoms with Crippen molar-refractivity contribution in [3.8, 4) is 0 Å². The van der Waals surface area contributed by atoms with E-state index in [9.17, 15) is 9.18 Å². The van der Waals surface area contributed by atoms with Crippen LogP contribution in [0.4, 0.5) is 4.39 Å². The molecule has 1 saturated heterocycles. The first-order chi connectivity index (χ1) is 12.1. The Hall–Kier alpha value is -2.32. The highest BCUT2D eigenvalue weighted by molar-refractivity contribution is 5.79. The Labute approximate surface area is 145 Å². The van der Waals surface area contributed by atoms with Gasteiger partial charge in [0.1, 0.15) is 12.4 Å². The molecule has 2 heterocycles. The predicted octanol–water partition coefficient (Wildman–Crippen LogP) is 1.76. The van der Waals surface area contributed by atoms with Crippen LogP contribution >= 0.6 is 0 Å². The quantitative estimate of drug-likeness (QED) is 0.792. The Morgan fingerprint density at radius 2 is 2.24 bits per heavy atom. The first-order valence-corrected chi connectivity index (χ1v) is 8.14. The third-order valence-corrected chi connectivity index (χ3v) is 4.27. The van der Waals surface area contributed by atoms with Crippen LogP contribution in [0.2, 0.25) is 0 Å². The smallest absolute Gasteiger partial charge is 0.243 e. The second-order valence-corrected chi connectivity index (χ2v) is 6.07. The molecule has 8 heteroatoms. The number of benzene rings is 1. The van der Waals surface area contributed by atoms with Crippen molar-refractivity contribution in [3.63, 3.8) is 0 Å². The Balaban J connectivity index is 1.59. The van der Waals surface area contributed by atoms with Gasteiger partial charge in [-0.1, -0.05) is 17.3 Å². The molecule has 1 aliphatic rings. The molecule has 25 heavy (non-hydrogen) atoms. The number of nitrogens with zero attached hydrogens (tertiary/aromatic N) is 4. The summed E-state index contributed by atoms with van der Waals surface area (Å²) in [6.45, 7) is 4.15. The summed E-state index contributed by atoms with van der Waals surface area (Å²) in [5, 5.41) is 3.85. The molecule has 0 spiro atoms. The fraction of sp³-hybridized carbons (Fsp3) is 0.471. The first kappa shape index (κ1) is 17.5. The molecule has 0 radical (unpaired) electrons. The van der Waals surface area contributed by atoms with Gasteiger partial charge in [0.2, 0.25) is 11.8 Å². The van der Waals surface area contributed by atoms with Crippen molar-refractivity contribution in [1.29, 1.82) is 0 Å². The minimum atomic E-state index is -0.291. The SMILES string of the molecule is COCc1noc([C@@H](C)N2CCN(Cc3cccc(F)c3)C(=O)C2)n1. The number of piperazine rings is 1. The zero-order valence-electron chi connectivity index (χ0n) is 14.3. The minimum Gasteiger partial charge on any atom is -0.377 e. The molecule has 1 aliphatic heterocycles. The lowest BCUT2D eigenvalue weighted by Crippen LogP contribution is -2.50. The molecular weight excluding hydrogens is 327 g/mol. The van der Waals surface area contributed by atoms with E-state index >= 15 is 0 Å². The number of carbonyl (C=O) groups excluding carboxylic acids is 1. The Bertz CT molecular complexity index is 736. The number of halogens is 1. The summed E-state index contributed by atoms with van der Waals surface area (Å²) in [7, 11) is 1.57. The van der Waals surface area contributed by atoms with Crippen LogP contribution in [0.3, 0.4) is 0 Å². The number of methoxy groups -OCH3 is 1. The number of hydrogen-bond donors (Lipinski definition) is 0. The summed E-state index contributed by atoms with van der Waals surface area (Å²) in [6, 6.07) is 6.17. The maximum absolute atomic E-state index is 13.3. The zero-order valence-corrected chi connectivity index (χ0v) is 14.3. The predicted molar refractivity (Wildman–Crippen MR) is 86.8 cm³/mol. The van der Waals surface area contributed by atoms with Gasteiger partial charge in [-0.15, -0.1) is 0 Å². The third kappa shape index (κ3) is 4.21. The number of ether oxygens (including phenoxy) is 1. The van der Waals surface area contributed by atoms with Gasteiger partial charge in [-0.25, -0.2) is 4.39 Å². The van der Waals surface area contributed by atoms with E-state index in [1.807, 2.05) is 17.9 Å². The number of aromatic nitrogens is 2. The van der Waals surface area contributed by atoms with Crippen LogP contribution in [0, 0.1) is 5.82 Å². The topological polar surface area (TPSA) is 71.7 Å². The number of carbonyl (C=O) groups is 1. The molecule has 2 aromatic rings. The van der Waals surface area contributed by atoms with Gasteiger partial charge in [-0.2, -0.15) is 4.98 Å². The van der Waals surface area contributed by atoms with E-state index in [0.29, 0.717) is 31.3 Å². The van der Waals surface area contributed by atoms with E-state index in [2.05, 4.69) is 10.1 Å². The van der Waals surface area contributed by atoms with Crippen molar-refractivity contribution in [2.75, 3.05) is 26.7 Å². The monoisotopic (exact) mass is 348 g/mol. The van der Waals surface area contributed by atoms with Gasteiger partial charge in [0.05, 0.1) is 12.6 Å². The Kier molecular flexibility index (Phi) is 5.40. The van der Waals surface area contributed by atoms with E-state index in [-0.39, 0.29) is 30.9 Å². The second-order valence-electron chi connectivity index (χ2n) is 6.07. The number of rotatable bonds is 6. The van der Waals surface area contributed by atoms with Crippen molar-refractivity contribution >= 4 is 5.91 Å². The molecule has 0 saturated carbocycles. The summed E-state index contributed by atoms with van der Waals surface area (Å²) in [5.74, 6) is 0.665. The van der Waals surface area contributed by atoms with Gasteiger partial charge < -0.3 is 14.2 Å². The lowest BCUT2D eigenvalue weighted by atomic mass is 10.1. The number of hydrogen-bond acceptors (Lipinski definition) is 6. The summed E-state index contributed by atoms with van der Waals surface area (Å²) < 4.78 is 23.5. The van der Waals surface area contributed by atoms with Gasteiger partial charge in [0, 0.05) is 26.7 Å². The number of amides is 1. The summed E-state index contributed by atoms with van der Waals surface area (Å²) in [5.41, 5.74) is 0.788. The molecule has 134 valence electrons. The molecule has 3 rings (SSSR count). The molecule has 0 unspecified atom stereocenters. The van der Waals surface area contributed by atoms with Crippen LogP contribution in [0.5, 0.6) is 0 Å². The van der Waals surface area contributed by atoms with Gasteiger partial charge in [0.15, 0.2) is 5.82 Å². The molecule has 1 atom stereocenters. The van der Waals surface area contributed by atoms with Gasteiger partial charge >= 0.3 is 0 Å². The average Bonchev–Trinajstić information content (AvgIpc) is 3.05. The molecule has 0 bridgehead atoms. The summed E-state index contributed by atoms with van der Waals surface area (Å²) >= 11 is 0. The highest BCUT2D eigenvalue weighted by Gasteiger charge is 2.30. The highest BCUT2D eigenvalue weighted by Crippen LogP contribution is 2.21. The van der Waals surface area contributed by atoms with E-state index in [1.165, 1.54) is 12.1 Å². The van der Waals surface area contributed by atoms with E-state index in [4.69, 9.17) is 9.26 Å². The van der Waals surface area contributed by atoms with Crippen LogP contribution in [-0.4, -0.2) is 52.6 Å². The lowest BCUT2D eigenvalue weighted by Gasteiger charge is -2.36. The molecule has 1 amide bonds. The van der Waals surface area contributed by atoms with Crippen LogP contribution in [0.25, 0.3) is 0 Å². The highest BCUT2D eigenvalue weighted by atomic mass is 19.1. The zero-order chi connectivity index (χ0) is 17.8. The maximum atomic E-state index is 13.3. The fourth-order valence-corrected chi connectivity index (χ4v) is 2.86. The van der Waals surface area contributed by atoms with E-state index < -0.39 is 0 Å². The van der Waals surface area contributed by atoms with Crippen molar-refractivity contribution in [1.82, 2.24) is 19.9 Å². The van der Waals surface area contributed by atoms with Crippen LogP contribution in [0.15, 0.2) is 28.8 Å². The molecule has 7 nitrogen and oxygen atoms in total. The van der Waals surface area contributed by atoms with Gasteiger partial charge in [0.25, 0.3) is 0 Å². The molecular formula is C17H21FN4O3. The van der Waals surface area contributed by atoms with Crippen molar-refractivity contribution < 1.29 is 18.4 Å². The molecule has 1 aromatic carbocycles. The minimum absolute atomic E-state index is 0.000934. The third-order valence-electron chi connectivity index (χ3n) is 4.27. The van der Waals surface area contributed by atoms with Crippen LogP contribution in [0.1, 0.15) is 30.2 Å². The molecule has 1 fully saturated rings. The fourth-order valence-electron chi connectivity index (χ4n) is 2.86. The van der Waals surface area contributed by atoms with Gasteiger partial charge in [-0.05, 0) is 24.6 Å². The summed E-state index contributed by atoms with van der Waals surface area (Å²) in [6.07, 6.45) is 0. The van der Waals surface area contributed by atoms with Crippen LogP contribution in [-0.2, 0) is 22.7 Å².